The number of nitrogens with zero attached hydrogens (tertiary/aromatic N) is 3. The highest BCUT2D eigenvalue weighted by Crippen LogP contribution is 2.28. The first-order chi connectivity index (χ1) is 14.2. The first kappa shape index (κ1) is 22.5. The third kappa shape index (κ3) is 5.68. The van der Waals surface area contributed by atoms with Gasteiger partial charge in [-0.1, -0.05) is 46.9 Å². The standard InChI is InChI=1S/C21H24N4O2S3/c1-12-6-7-13(2)15(8-12)10-28-21-23-16(11-29-21)9-17(26)24-20-22-14(3)18(30-20)19(27)25(4)5/h6-8,11H,9-10H2,1-5H3,(H,22,24,26). The third-order valence-electron chi connectivity index (χ3n) is 4.37. The number of nitrogens with one attached hydrogen (secondary N) is 1. The van der Waals surface area contributed by atoms with E-state index in [1.54, 1.807) is 44.1 Å². The molecule has 2 heterocycles. The molecule has 158 valence electrons. The van der Waals surface area contributed by atoms with Crippen LogP contribution in [0.5, 0.6) is 0 Å². The second kappa shape index (κ2) is 9.72. The SMILES string of the molecule is Cc1ccc(C)c(CSc2nc(CC(=O)Nc3nc(C)c(C(=O)N(C)C)s3)cs2)c1. The van der Waals surface area contributed by atoms with Crippen LogP contribution in [0.3, 0.4) is 0 Å². The van der Waals surface area contributed by atoms with E-state index in [0.717, 1.165) is 15.8 Å². The summed E-state index contributed by atoms with van der Waals surface area (Å²) in [5, 5.41) is 5.13. The predicted molar refractivity (Wildman–Crippen MR) is 125 cm³/mol. The Bertz CT molecular complexity index is 1070. The summed E-state index contributed by atoms with van der Waals surface area (Å²) in [5.74, 6) is 0.549. The summed E-state index contributed by atoms with van der Waals surface area (Å²) >= 11 is 4.42. The minimum absolute atomic E-state index is 0.115. The minimum atomic E-state index is -0.191. The fourth-order valence-electron chi connectivity index (χ4n) is 2.71. The van der Waals surface area contributed by atoms with Gasteiger partial charge in [-0.15, -0.1) is 11.3 Å². The molecule has 0 unspecified atom stereocenters. The van der Waals surface area contributed by atoms with Crippen LogP contribution in [0.4, 0.5) is 5.13 Å². The Morgan fingerprint density at radius 1 is 1.17 bits per heavy atom. The highest BCUT2D eigenvalue weighted by molar-refractivity contribution is 8.00. The van der Waals surface area contributed by atoms with Crippen molar-refractivity contribution in [3.63, 3.8) is 0 Å². The molecule has 2 amide bonds. The van der Waals surface area contributed by atoms with Crippen molar-refractivity contribution in [2.45, 2.75) is 37.3 Å². The number of thiazole rings is 2. The van der Waals surface area contributed by atoms with Gasteiger partial charge in [0.25, 0.3) is 5.91 Å². The van der Waals surface area contributed by atoms with Crippen molar-refractivity contribution in [2.24, 2.45) is 0 Å². The highest BCUT2D eigenvalue weighted by Gasteiger charge is 2.18. The molecule has 0 aliphatic rings. The summed E-state index contributed by atoms with van der Waals surface area (Å²) in [6, 6.07) is 6.46. The monoisotopic (exact) mass is 460 g/mol. The zero-order chi connectivity index (χ0) is 21.8. The molecule has 1 aromatic carbocycles. The Morgan fingerprint density at radius 2 is 1.93 bits per heavy atom. The van der Waals surface area contributed by atoms with Crippen LogP contribution >= 0.6 is 34.4 Å². The molecule has 0 atom stereocenters. The van der Waals surface area contributed by atoms with Gasteiger partial charge < -0.3 is 10.2 Å². The van der Waals surface area contributed by atoms with Gasteiger partial charge >= 0.3 is 0 Å². The maximum atomic E-state index is 12.4. The second-order valence-corrected chi connectivity index (χ2v) is 10.3. The molecule has 0 fully saturated rings. The Balaban J connectivity index is 1.57. The molecule has 1 N–H and O–H groups in total. The van der Waals surface area contributed by atoms with Crippen molar-refractivity contribution in [1.82, 2.24) is 14.9 Å². The summed E-state index contributed by atoms with van der Waals surface area (Å²) in [6.07, 6.45) is 0.177. The molecular formula is C21H24N4O2S3. The van der Waals surface area contributed by atoms with E-state index in [1.165, 1.54) is 32.9 Å². The van der Waals surface area contributed by atoms with Crippen LogP contribution in [-0.2, 0) is 17.0 Å². The number of benzene rings is 1. The zero-order valence-electron chi connectivity index (χ0n) is 17.6. The Kier molecular flexibility index (Phi) is 7.27. The molecule has 3 rings (SSSR count). The number of hydrogen-bond acceptors (Lipinski definition) is 7. The molecule has 6 nitrogen and oxygen atoms in total. The number of hydrogen-bond donors (Lipinski definition) is 1. The van der Waals surface area contributed by atoms with Crippen LogP contribution < -0.4 is 5.32 Å². The molecule has 30 heavy (non-hydrogen) atoms. The number of carbonyl (C=O) groups excluding carboxylic acids is 2. The molecule has 0 bridgehead atoms. The molecule has 0 spiro atoms. The van der Waals surface area contributed by atoms with Gasteiger partial charge in [0.2, 0.25) is 5.91 Å². The van der Waals surface area contributed by atoms with Crippen molar-refractivity contribution in [1.29, 1.82) is 0 Å². The number of aromatic nitrogens is 2. The van der Waals surface area contributed by atoms with Crippen LogP contribution in [0.25, 0.3) is 0 Å². The lowest BCUT2D eigenvalue weighted by atomic mass is 10.1. The van der Waals surface area contributed by atoms with Gasteiger partial charge in [0.15, 0.2) is 5.13 Å². The summed E-state index contributed by atoms with van der Waals surface area (Å²) in [5.41, 5.74) is 5.18. The quantitative estimate of drug-likeness (QED) is 0.517. The van der Waals surface area contributed by atoms with Crippen LogP contribution in [0.15, 0.2) is 27.9 Å². The van der Waals surface area contributed by atoms with Gasteiger partial charge in [-0.05, 0) is 31.9 Å². The van der Waals surface area contributed by atoms with E-state index in [0.29, 0.717) is 15.7 Å². The average molecular weight is 461 g/mol. The molecule has 0 aliphatic heterocycles. The number of thioether (sulfide) groups is 1. The number of rotatable bonds is 7. The van der Waals surface area contributed by atoms with Crippen LogP contribution in [0.1, 0.15) is 37.7 Å². The van der Waals surface area contributed by atoms with E-state index in [1.807, 2.05) is 5.38 Å². The number of carbonyl (C=O) groups is 2. The van der Waals surface area contributed by atoms with E-state index in [2.05, 4.69) is 47.3 Å². The fraction of sp³-hybridized carbons (Fsp3) is 0.333. The molecule has 0 aliphatic carbocycles. The van der Waals surface area contributed by atoms with Gasteiger partial charge in [0.1, 0.15) is 9.22 Å². The average Bonchev–Trinajstić information content (AvgIpc) is 3.27. The summed E-state index contributed by atoms with van der Waals surface area (Å²) in [6.45, 7) is 5.98. The van der Waals surface area contributed by atoms with Crippen LogP contribution in [-0.4, -0.2) is 40.8 Å². The molecule has 0 radical (unpaired) electrons. The molecule has 0 saturated heterocycles. The highest BCUT2D eigenvalue weighted by atomic mass is 32.2. The van der Waals surface area contributed by atoms with E-state index < -0.39 is 0 Å². The number of aryl methyl sites for hydroxylation is 3. The van der Waals surface area contributed by atoms with Gasteiger partial charge in [-0.25, -0.2) is 9.97 Å². The van der Waals surface area contributed by atoms with Crippen molar-refractivity contribution >= 4 is 51.4 Å². The van der Waals surface area contributed by atoms with Gasteiger partial charge in [-0.3, -0.25) is 9.59 Å². The van der Waals surface area contributed by atoms with Gasteiger partial charge in [0, 0.05) is 25.2 Å². The summed E-state index contributed by atoms with van der Waals surface area (Å²) in [7, 11) is 3.38. The molecular weight excluding hydrogens is 436 g/mol. The van der Waals surface area contributed by atoms with Crippen molar-refractivity contribution < 1.29 is 9.59 Å². The first-order valence-corrected chi connectivity index (χ1v) is 12.0. The predicted octanol–water partition coefficient (Wildman–Crippen LogP) is 4.70. The number of anilines is 1. The maximum Gasteiger partial charge on any atom is 0.265 e. The van der Waals surface area contributed by atoms with E-state index in [-0.39, 0.29) is 18.2 Å². The molecule has 3 aromatic rings. The maximum absolute atomic E-state index is 12.4. The van der Waals surface area contributed by atoms with E-state index in [4.69, 9.17) is 0 Å². The Labute approximate surface area is 188 Å². The Morgan fingerprint density at radius 3 is 2.67 bits per heavy atom. The summed E-state index contributed by atoms with van der Waals surface area (Å²) in [4.78, 5) is 35.4. The normalized spacial score (nSPS) is 10.8. The largest absolute Gasteiger partial charge is 0.344 e. The van der Waals surface area contributed by atoms with Crippen molar-refractivity contribution in [3.8, 4) is 0 Å². The van der Waals surface area contributed by atoms with E-state index >= 15 is 0 Å². The second-order valence-electron chi connectivity index (χ2n) is 7.18. The van der Waals surface area contributed by atoms with Crippen LogP contribution in [0, 0.1) is 20.8 Å². The minimum Gasteiger partial charge on any atom is -0.344 e. The van der Waals surface area contributed by atoms with Crippen molar-refractivity contribution in [3.05, 3.63) is 56.5 Å². The topological polar surface area (TPSA) is 75.2 Å². The van der Waals surface area contributed by atoms with Gasteiger partial charge in [-0.2, -0.15) is 0 Å². The van der Waals surface area contributed by atoms with Gasteiger partial charge in [0.05, 0.1) is 17.8 Å². The lowest BCUT2D eigenvalue weighted by Crippen LogP contribution is -2.21. The Hall–Kier alpha value is -2.23. The smallest absolute Gasteiger partial charge is 0.265 e. The lowest BCUT2D eigenvalue weighted by molar-refractivity contribution is -0.115. The lowest BCUT2D eigenvalue weighted by Gasteiger charge is -2.07. The molecule has 9 heteroatoms. The fourth-order valence-corrected chi connectivity index (χ4v) is 5.62. The summed E-state index contributed by atoms with van der Waals surface area (Å²) < 4.78 is 0.947. The zero-order valence-corrected chi connectivity index (χ0v) is 20.1. The number of amides is 2. The first-order valence-electron chi connectivity index (χ1n) is 9.35. The molecule has 2 aromatic heterocycles. The third-order valence-corrected chi connectivity index (χ3v) is 7.55. The van der Waals surface area contributed by atoms with Crippen LogP contribution in [0.2, 0.25) is 0 Å². The molecule has 0 saturated carbocycles. The van der Waals surface area contributed by atoms with Crippen molar-refractivity contribution in [2.75, 3.05) is 19.4 Å². The van der Waals surface area contributed by atoms with E-state index in [9.17, 15) is 9.59 Å².